The fourth-order valence-corrected chi connectivity index (χ4v) is 4.35. The minimum atomic E-state index is 0.368. The minimum absolute atomic E-state index is 0.368. The predicted octanol–water partition coefficient (Wildman–Crippen LogP) is 10.4. The van der Waals surface area contributed by atoms with Crippen LogP contribution in [0.15, 0.2) is 65.5 Å². The monoisotopic (exact) mass is 543 g/mol. The predicted molar refractivity (Wildman–Crippen MR) is 161 cm³/mol. The highest BCUT2D eigenvalue weighted by Crippen LogP contribution is 2.26. The van der Waals surface area contributed by atoms with Crippen molar-refractivity contribution in [3.63, 3.8) is 0 Å². The topological polar surface area (TPSA) is 20.3 Å². The summed E-state index contributed by atoms with van der Waals surface area (Å²) in [5.41, 5.74) is 5.70. The average molecular weight is 545 g/mol. The second kappa shape index (κ2) is 19.3. The first-order valence-corrected chi connectivity index (χ1v) is 14.0. The lowest BCUT2D eigenvalue weighted by Crippen LogP contribution is -2.14. The first kappa shape index (κ1) is 33.1. The summed E-state index contributed by atoms with van der Waals surface area (Å²) in [5.74, 6) is 1.10. The smallest absolute Gasteiger partial charge is 0.130 e. The molecule has 0 aliphatic heterocycles. The summed E-state index contributed by atoms with van der Waals surface area (Å²) < 4.78 is 0.995. The van der Waals surface area contributed by atoms with Crippen LogP contribution in [0.1, 0.15) is 104 Å². The Kier molecular flexibility index (Phi) is 18.3. The summed E-state index contributed by atoms with van der Waals surface area (Å²) in [6.07, 6.45) is 15.5. The molecule has 0 heterocycles. The third-order valence-corrected chi connectivity index (χ3v) is 7.34. The molecule has 0 bridgehead atoms. The van der Waals surface area contributed by atoms with E-state index in [4.69, 9.17) is 0 Å². The number of aryl methyl sites for hydroxylation is 1. The van der Waals surface area contributed by atoms with Crippen molar-refractivity contribution in [1.29, 1.82) is 0 Å². The number of hydrogen-bond donors (Lipinski definition) is 0. The Morgan fingerprint density at radius 2 is 1.66 bits per heavy atom. The van der Waals surface area contributed by atoms with Gasteiger partial charge in [0.1, 0.15) is 5.78 Å². The van der Waals surface area contributed by atoms with Crippen LogP contribution in [0.5, 0.6) is 0 Å². The van der Waals surface area contributed by atoms with Gasteiger partial charge in [-0.25, -0.2) is 0 Å². The third-order valence-electron chi connectivity index (χ3n) is 6.44. The number of allylic oxidation sites excluding steroid dienone is 6. The van der Waals surface area contributed by atoms with Crippen LogP contribution in [0.2, 0.25) is 0 Å². The van der Waals surface area contributed by atoms with Gasteiger partial charge in [0.15, 0.2) is 0 Å². The van der Waals surface area contributed by atoms with Crippen molar-refractivity contribution in [1.82, 2.24) is 4.90 Å². The Labute approximate surface area is 225 Å². The molecule has 0 aromatic heterocycles. The number of benzene rings is 1. The fourth-order valence-electron chi connectivity index (χ4n) is 4.08. The Bertz CT molecular complexity index is 841. The van der Waals surface area contributed by atoms with E-state index in [0.717, 1.165) is 33.8 Å². The molecule has 2 nitrogen and oxygen atoms in total. The number of carbonyl (C=O) groups is 1. The molecule has 196 valence electrons. The second-order valence-corrected chi connectivity index (χ2v) is 10.4. The van der Waals surface area contributed by atoms with Gasteiger partial charge in [-0.05, 0) is 72.3 Å². The summed E-state index contributed by atoms with van der Waals surface area (Å²) in [7, 11) is 2.04. The molecule has 1 aliphatic carbocycles. The van der Waals surface area contributed by atoms with Crippen LogP contribution < -0.4 is 0 Å². The molecule has 0 N–H and O–H groups in total. The lowest BCUT2D eigenvalue weighted by Gasteiger charge is -2.22. The van der Waals surface area contributed by atoms with Crippen LogP contribution in [0.4, 0.5) is 0 Å². The van der Waals surface area contributed by atoms with Crippen molar-refractivity contribution in [2.24, 2.45) is 5.92 Å². The molecule has 35 heavy (non-hydrogen) atoms. The zero-order chi connectivity index (χ0) is 26.8. The molecule has 0 spiro atoms. The number of unbranched alkanes of at least 4 members (excludes halogenated alkanes) is 2. The van der Waals surface area contributed by atoms with E-state index in [1.807, 2.05) is 19.2 Å². The van der Waals surface area contributed by atoms with Gasteiger partial charge in [-0.2, -0.15) is 0 Å². The number of rotatable bonds is 9. The first-order chi connectivity index (χ1) is 16.6. The maximum absolute atomic E-state index is 10.7. The Morgan fingerprint density at radius 1 is 1.09 bits per heavy atom. The highest BCUT2D eigenvalue weighted by molar-refractivity contribution is 9.11. The van der Waals surface area contributed by atoms with E-state index in [-0.39, 0.29) is 0 Å². The van der Waals surface area contributed by atoms with E-state index in [1.54, 1.807) is 13.0 Å². The van der Waals surface area contributed by atoms with E-state index in [1.165, 1.54) is 62.5 Å². The van der Waals surface area contributed by atoms with E-state index in [2.05, 4.69) is 86.8 Å². The standard InChI is InChI=1S/C18H22BrN.C9H16O.C5H12/c1-7-18(19)16(5)20(6)15(4)12-14(3)17-11-9-8-10-13(17)2;1-8(10)7-9-5-3-2-4-6-9;1-3-5-4-2/h7-12H,1,3H2,2,4-6H3;9H,2-7H2,1H3;3-5H2,1-2H3/b15-12-,18-16+;;. The Balaban J connectivity index is 0.000000635. The molecule has 1 fully saturated rings. The SMILES string of the molecule is C=C/C(Br)=C(/C)N(C)/C(C)=C\C(=C)c1ccccc1C.CC(=O)CC1CCCCC1.CCCCC. The van der Waals surface area contributed by atoms with Crippen molar-refractivity contribution >= 4 is 27.3 Å². The quantitative estimate of drug-likeness (QED) is 0.288. The average Bonchev–Trinajstić information content (AvgIpc) is 2.84. The summed E-state index contributed by atoms with van der Waals surface area (Å²) >= 11 is 3.50. The molecule has 1 aromatic carbocycles. The molecular weight excluding hydrogens is 494 g/mol. The number of hydrogen-bond acceptors (Lipinski definition) is 2. The number of halogens is 1. The third kappa shape index (κ3) is 14.3. The summed E-state index contributed by atoms with van der Waals surface area (Å²) in [5, 5.41) is 0. The molecule has 0 radical (unpaired) electrons. The maximum atomic E-state index is 10.7. The summed E-state index contributed by atoms with van der Waals surface area (Å²) in [4.78, 5) is 12.8. The van der Waals surface area contributed by atoms with Gasteiger partial charge in [-0.3, -0.25) is 0 Å². The van der Waals surface area contributed by atoms with Gasteiger partial charge in [0.25, 0.3) is 0 Å². The van der Waals surface area contributed by atoms with Gasteiger partial charge in [0.2, 0.25) is 0 Å². The molecular formula is C32H50BrNO. The van der Waals surface area contributed by atoms with Gasteiger partial charge in [-0.1, -0.05) is 109 Å². The van der Waals surface area contributed by atoms with Gasteiger partial charge in [0, 0.05) is 29.3 Å². The van der Waals surface area contributed by atoms with Crippen LogP contribution in [-0.4, -0.2) is 17.7 Å². The zero-order valence-corrected chi connectivity index (χ0v) is 25.1. The molecule has 0 amide bonds. The Hall–Kier alpha value is -1.87. The molecule has 0 saturated heterocycles. The maximum Gasteiger partial charge on any atom is 0.130 e. The van der Waals surface area contributed by atoms with Crippen LogP contribution >= 0.6 is 15.9 Å². The van der Waals surface area contributed by atoms with Crippen molar-refractivity contribution in [3.05, 3.63) is 76.6 Å². The zero-order valence-electron chi connectivity index (χ0n) is 23.6. The van der Waals surface area contributed by atoms with E-state index in [0.29, 0.717) is 5.78 Å². The highest BCUT2D eigenvalue weighted by atomic mass is 79.9. The van der Waals surface area contributed by atoms with Crippen molar-refractivity contribution < 1.29 is 4.79 Å². The van der Waals surface area contributed by atoms with E-state index < -0.39 is 0 Å². The molecule has 1 aliphatic rings. The highest BCUT2D eigenvalue weighted by Gasteiger charge is 2.14. The Morgan fingerprint density at radius 3 is 2.11 bits per heavy atom. The summed E-state index contributed by atoms with van der Waals surface area (Å²) in [6, 6.07) is 8.29. The van der Waals surface area contributed by atoms with Gasteiger partial charge >= 0.3 is 0 Å². The fraction of sp³-hybridized carbons (Fsp3) is 0.531. The molecule has 1 saturated carbocycles. The van der Waals surface area contributed by atoms with Crippen LogP contribution in [0, 0.1) is 12.8 Å². The van der Waals surface area contributed by atoms with Crippen molar-refractivity contribution in [2.45, 2.75) is 99.3 Å². The first-order valence-electron chi connectivity index (χ1n) is 13.2. The van der Waals surface area contributed by atoms with E-state index >= 15 is 0 Å². The van der Waals surface area contributed by atoms with Crippen LogP contribution in [0.25, 0.3) is 5.57 Å². The lowest BCUT2D eigenvalue weighted by molar-refractivity contribution is -0.118. The molecule has 0 atom stereocenters. The lowest BCUT2D eigenvalue weighted by atomic mass is 9.86. The second-order valence-electron chi connectivity index (χ2n) is 9.59. The number of ketones is 1. The molecule has 2 rings (SSSR count). The molecule has 1 aromatic rings. The van der Waals surface area contributed by atoms with Gasteiger partial charge < -0.3 is 9.69 Å². The molecule has 0 unspecified atom stereocenters. The largest absolute Gasteiger partial charge is 0.351 e. The number of nitrogens with zero attached hydrogens (tertiary/aromatic N) is 1. The van der Waals surface area contributed by atoms with Gasteiger partial charge in [-0.15, -0.1) is 0 Å². The molecule has 3 heteroatoms. The van der Waals surface area contributed by atoms with Gasteiger partial charge in [0.05, 0.1) is 0 Å². The summed E-state index contributed by atoms with van der Waals surface area (Å²) in [6.45, 7) is 20.3. The van der Waals surface area contributed by atoms with Crippen molar-refractivity contribution in [3.8, 4) is 0 Å². The normalized spacial score (nSPS) is 14.5. The van der Waals surface area contributed by atoms with Crippen LogP contribution in [-0.2, 0) is 4.79 Å². The minimum Gasteiger partial charge on any atom is -0.351 e. The van der Waals surface area contributed by atoms with E-state index in [9.17, 15) is 4.79 Å². The number of carbonyl (C=O) groups excluding carboxylic acids is 1. The van der Waals surface area contributed by atoms with Crippen molar-refractivity contribution in [2.75, 3.05) is 7.05 Å². The van der Waals surface area contributed by atoms with Crippen LogP contribution in [0.3, 0.4) is 0 Å². The number of Topliss-reactive ketones (excluding diaryl/α,β-unsaturated/α-hetero) is 1.